The lowest BCUT2D eigenvalue weighted by Crippen LogP contribution is -2.48. The van der Waals surface area contributed by atoms with Crippen molar-refractivity contribution in [3.8, 4) is 5.75 Å². The summed E-state index contributed by atoms with van der Waals surface area (Å²) < 4.78 is 5.96. The molecule has 0 aliphatic carbocycles. The molecule has 2 heterocycles. The fourth-order valence-electron chi connectivity index (χ4n) is 3.94. The monoisotopic (exact) mass is 512 g/mol. The lowest BCUT2D eigenvalue weighted by molar-refractivity contribution is -0.123. The quantitative estimate of drug-likeness (QED) is 0.484. The maximum absolute atomic E-state index is 13.3. The molecular formula is C25H29ClN6O4. The molecular weight excluding hydrogens is 484 g/mol. The third-order valence-corrected chi connectivity index (χ3v) is 6.32. The van der Waals surface area contributed by atoms with Crippen molar-refractivity contribution in [2.24, 2.45) is 5.92 Å². The lowest BCUT2D eigenvalue weighted by atomic mass is 10.1. The molecule has 11 heteroatoms. The van der Waals surface area contributed by atoms with Crippen LogP contribution in [0.2, 0.25) is 5.02 Å². The molecule has 1 aliphatic rings. The average Bonchev–Trinajstić information content (AvgIpc) is 3.32. The number of aromatic nitrogens is 3. The molecule has 0 bridgehead atoms. The third kappa shape index (κ3) is 6.12. The number of hydrogen-bond acceptors (Lipinski definition) is 6. The average molecular weight is 513 g/mol. The van der Waals surface area contributed by atoms with E-state index in [2.05, 4.69) is 26.0 Å². The molecule has 3 N–H and O–H groups in total. The molecule has 0 spiro atoms. The molecule has 1 aromatic heterocycles. The van der Waals surface area contributed by atoms with Gasteiger partial charge in [0.2, 0.25) is 5.91 Å². The van der Waals surface area contributed by atoms with Gasteiger partial charge in [-0.2, -0.15) is 15.4 Å². The highest BCUT2D eigenvalue weighted by molar-refractivity contribution is 6.31. The fourth-order valence-corrected chi connectivity index (χ4v) is 4.12. The molecule has 190 valence electrons. The molecule has 36 heavy (non-hydrogen) atoms. The minimum atomic E-state index is -0.336. The van der Waals surface area contributed by atoms with Gasteiger partial charge in [0.1, 0.15) is 23.4 Å². The zero-order chi connectivity index (χ0) is 25.7. The number of ether oxygens (including phenoxy) is 1. The van der Waals surface area contributed by atoms with Crippen molar-refractivity contribution in [3.63, 3.8) is 0 Å². The molecule has 1 aliphatic heterocycles. The highest BCUT2D eigenvalue weighted by atomic mass is 35.5. The van der Waals surface area contributed by atoms with Crippen LogP contribution in [-0.2, 0) is 4.79 Å². The number of rotatable bonds is 2. The van der Waals surface area contributed by atoms with Crippen molar-refractivity contribution >= 4 is 40.4 Å². The van der Waals surface area contributed by atoms with Crippen molar-refractivity contribution < 1.29 is 19.1 Å². The number of halogens is 1. The number of nitrogens with one attached hydrogen (secondary N) is 3. The number of aromatic amines is 1. The van der Waals surface area contributed by atoms with Gasteiger partial charge >= 0.3 is 0 Å². The van der Waals surface area contributed by atoms with Gasteiger partial charge in [-0.15, -0.1) is 0 Å². The van der Waals surface area contributed by atoms with Crippen LogP contribution in [0.5, 0.6) is 5.75 Å². The van der Waals surface area contributed by atoms with Gasteiger partial charge in [-0.1, -0.05) is 25.4 Å². The maximum atomic E-state index is 13.3. The smallest absolute Gasteiger partial charge is 0.255 e. The van der Waals surface area contributed by atoms with Crippen LogP contribution in [0.15, 0.2) is 36.4 Å². The van der Waals surface area contributed by atoms with Gasteiger partial charge in [-0.25, -0.2) is 0 Å². The summed E-state index contributed by atoms with van der Waals surface area (Å²) in [5.41, 5.74) is 1.99. The first kappa shape index (κ1) is 25.4. The van der Waals surface area contributed by atoms with Crippen LogP contribution in [0, 0.1) is 5.92 Å². The molecule has 0 unspecified atom stereocenters. The van der Waals surface area contributed by atoms with E-state index in [1.54, 1.807) is 36.4 Å². The van der Waals surface area contributed by atoms with Crippen LogP contribution in [-0.4, -0.2) is 70.3 Å². The highest BCUT2D eigenvalue weighted by Gasteiger charge is 2.24. The minimum absolute atomic E-state index is 0.0490. The Hall–Kier alpha value is -3.66. The maximum Gasteiger partial charge on any atom is 0.255 e. The molecule has 3 amide bonds. The summed E-state index contributed by atoms with van der Waals surface area (Å²) in [7, 11) is 0. The Morgan fingerprint density at radius 2 is 1.92 bits per heavy atom. The first-order valence-corrected chi connectivity index (χ1v) is 12.3. The molecule has 10 nitrogen and oxygen atoms in total. The largest absolute Gasteiger partial charge is 0.491 e. The van der Waals surface area contributed by atoms with Crippen molar-refractivity contribution in [1.29, 1.82) is 0 Å². The second-order valence-corrected chi connectivity index (χ2v) is 9.52. The van der Waals surface area contributed by atoms with Crippen molar-refractivity contribution in [2.45, 2.75) is 32.7 Å². The van der Waals surface area contributed by atoms with Gasteiger partial charge in [0.25, 0.3) is 11.8 Å². The second kappa shape index (κ2) is 11.4. The Morgan fingerprint density at radius 3 is 2.72 bits per heavy atom. The molecule has 4 rings (SSSR count). The van der Waals surface area contributed by atoms with Crippen molar-refractivity contribution in [3.05, 3.63) is 52.5 Å². The lowest BCUT2D eigenvalue weighted by Gasteiger charge is -2.26. The Morgan fingerprint density at radius 1 is 1.11 bits per heavy atom. The van der Waals surface area contributed by atoms with Gasteiger partial charge in [0.05, 0.1) is 18.2 Å². The number of H-pyrrole nitrogens is 1. The normalized spacial score (nSPS) is 18.0. The van der Waals surface area contributed by atoms with E-state index in [1.807, 2.05) is 13.8 Å². The van der Waals surface area contributed by atoms with E-state index < -0.39 is 0 Å². The van der Waals surface area contributed by atoms with Crippen LogP contribution in [0.1, 0.15) is 47.4 Å². The van der Waals surface area contributed by atoms with Crippen LogP contribution in [0.25, 0.3) is 11.0 Å². The van der Waals surface area contributed by atoms with Crippen LogP contribution < -0.4 is 15.4 Å². The zero-order valence-electron chi connectivity index (χ0n) is 20.2. The SMILES string of the molecule is CC(C)[C@H]1COc2ccc(Cl)cc2C(=O)NCCCCN(C(=O)c2ccc3n[nH]nc3c2)CC(=O)N1. The van der Waals surface area contributed by atoms with Gasteiger partial charge in [-0.3, -0.25) is 14.4 Å². The van der Waals surface area contributed by atoms with E-state index in [0.29, 0.717) is 58.9 Å². The van der Waals surface area contributed by atoms with Crippen LogP contribution in [0.3, 0.4) is 0 Å². The topological polar surface area (TPSA) is 129 Å². The van der Waals surface area contributed by atoms with Crippen LogP contribution in [0.4, 0.5) is 0 Å². The minimum Gasteiger partial charge on any atom is -0.491 e. The number of benzene rings is 2. The number of nitrogens with zero attached hydrogens (tertiary/aromatic N) is 3. The number of amides is 3. The van der Waals surface area contributed by atoms with E-state index in [-0.39, 0.29) is 42.8 Å². The Bertz CT molecular complexity index is 1260. The fraction of sp³-hybridized carbons (Fsp3) is 0.400. The van der Waals surface area contributed by atoms with E-state index in [1.165, 1.54) is 4.90 Å². The summed E-state index contributed by atoms with van der Waals surface area (Å²) in [6.07, 6.45) is 1.21. The molecule has 0 saturated heterocycles. The van der Waals surface area contributed by atoms with Crippen molar-refractivity contribution in [1.82, 2.24) is 30.9 Å². The zero-order valence-corrected chi connectivity index (χ0v) is 21.0. The molecule has 3 aromatic rings. The standard InChI is InChI=1S/C25H29ClN6O4/c1-15(2)21-14-36-22-8-6-17(26)12-18(22)24(34)27-9-3-4-10-32(13-23(33)28-21)25(35)16-5-7-19-20(11-16)30-31-29-19/h5-8,11-12,15,21H,3-4,9-10,13-14H2,1-2H3,(H,27,34)(H,28,33)(H,29,30,31)/t21-/m1/s1. The summed E-state index contributed by atoms with van der Waals surface area (Å²) >= 11 is 6.12. The molecule has 0 radical (unpaired) electrons. The summed E-state index contributed by atoms with van der Waals surface area (Å²) in [6, 6.07) is 9.59. The number of fused-ring (bicyclic) bond motifs is 2. The van der Waals surface area contributed by atoms with Gasteiger partial charge in [0, 0.05) is 23.7 Å². The number of carbonyl (C=O) groups excluding carboxylic acids is 3. The second-order valence-electron chi connectivity index (χ2n) is 9.09. The Labute approximate surface area is 213 Å². The highest BCUT2D eigenvalue weighted by Crippen LogP contribution is 2.24. The van der Waals surface area contributed by atoms with Crippen LogP contribution >= 0.6 is 11.6 Å². The Balaban J connectivity index is 1.55. The predicted molar refractivity (Wildman–Crippen MR) is 135 cm³/mol. The summed E-state index contributed by atoms with van der Waals surface area (Å²) in [5, 5.41) is 16.9. The van der Waals surface area contributed by atoms with Gasteiger partial charge in [-0.05, 0) is 55.2 Å². The van der Waals surface area contributed by atoms with E-state index >= 15 is 0 Å². The van der Waals surface area contributed by atoms with Crippen molar-refractivity contribution in [2.75, 3.05) is 26.2 Å². The van der Waals surface area contributed by atoms with Gasteiger partial charge in [0.15, 0.2) is 0 Å². The number of carbonyl (C=O) groups is 3. The predicted octanol–water partition coefficient (Wildman–Crippen LogP) is 2.80. The van der Waals surface area contributed by atoms with E-state index in [9.17, 15) is 14.4 Å². The Kier molecular flexibility index (Phi) is 8.04. The first-order chi connectivity index (χ1) is 17.3. The molecule has 0 fully saturated rings. The summed E-state index contributed by atoms with van der Waals surface area (Å²) in [6.45, 7) is 4.74. The number of hydrogen-bond donors (Lipinski definition) is 3. The van der Waals surface area contributed by atoms with E-state index in [0.717, 1.165) is 0 Å². The molecule has 2 aromatic carbocycles. The van der Waals surface area contributed by atoms with E-state index in [4.69, 9.17) is 16.3 Å². The molecule has 1 atom stereocenters. The third-order valence-electron chi connectivity index (χ3n) is 6.08. The first-order valence-electron chi connectivity index (χ1n) is 11.9. The van der Waals surface area contributed by atoms with Gasteiger partial charge < -0.3 is 20.3 Å². The molecule has 0 saturated carbocycles. The summed E-state index contributed by atoms with van der Waals surface area (Å²) in [5.74, 6) is -0.405. The summed E-state index contributed by atoms with van der Waals surface area (Å²) in [4.78, 5) is 40.7.